The number of alkyl halides is 3. The second-order valence-electron chi connectivity index (χ2n) is 5.95. The zero-order valence-electron chi connectivity index (χ0n) is 14.5. The van der Waals surface area contributed by atoms with Crippen molar-refractivity contribution in [2.75, 3.05) is 31.6 Å². The van der Waals surface area contributed by atoms with Gasteiger partial charge in [-0.05, 0) is 12.1 Å². The molecule has 1 aromatic carbocycles. The highest BCUT2D eigenvalue weighted by atomic mass is 32.1. The summed E-state index contributed by atoms with van der Waals surface area (Å²) in [5.74, 6) is -1.16. The van der Waals surface area contributed by atoms with Crippen molar-refractivity contribution < 1.29 is 32.2 Å². The molecule has 12 heteroatoms. The van der Waals surface area contributed by atoms with Gasteiger partial charge in [0.05, 0.1) is 30.0 Å². The fraction of sp³-hybridized carbons (Fsp3) is 0.438. The van der Waals surface area contributed by atoms with Crippen LogP contribution in [0.15, 0.2) is 18.2 Å². The minimum atomic E-state index is -4.78. The van der Waals surface area contributed by atoms with Crippen molar-refractivity contribution >= 4 is 38.5 Å². The van der Waals surface area contributed by atoms with Gasteiger partial charge >= 0.3 is 6.36 Å². The maximum absolute atomic E-state index is 12.3. The summed E-state index contributed by atoms with van der Waals surface area (Å²) in [6, 6.07) is 3.61. The molecule has 1 aliphatic heterocycles. The van der Waals surface area contributed by atoms with Gasteiger partial charge < -0.3 is 25.4 Å². The Labute approximate surface area is 161 Å². The third-order valence-electron chi connectivity index (χ3n) is 3.72. The highest BCUT2D eigenvalue weighted by Gasteiger charge is 2.31. The number of benzene rings is 1. The van der Waals surface area contributed by atoms with Crippen LogP contribution in [-0.2, 0) is 14.3 Å². The lowest BCUT2D eigenvalue weighted by atomic mass is 10.2. The van der Waals surface area contributed by atoms with Gasteiger partial charge in [-0.25, -0.2) is 4.98 Å². The molecule has 1 saturated heterocycles. The minimum absolute atomic E-state index is 0.0887. The Morgan fingerprint density at radius 3 is 2.89 bits per heavy atom. The van der Waals surface area contributed by atoms with Crippen LogP contribution < -0.4 is 20.7 Å². The number of amides is 2. The molecule has 0 saturated carbocycles. The lowest BCUT2D eigenvalue weighted by molar-refractivity contribution is -0.274. The summed E-state index contributed by atoms with van der Waals surface area (Å²) in [4.78, 5) is 27.9. The number of nitrogens with one attached hydrogen (secondary N) is 3. The first-order valence-electron chi connectivity index (χ1n) is 8.32. The van der Waals surface area contributed by atoms with Gasteiger partial charge in [-0.2, -0.15) is 0 Å². The van der Waals surface area contributed by atoms with Crippen molar-refractivity contribution in [3.8, 4) is 5.75 Å². The molecule has 152 valence electrons. The van der Waals surface area contributed by atoms with Crippen LogP contribution in [0.25, 0.3) is 10.2 Å². The van der Waals surface area contributed by atoms with Gasteiger partial charge in [0, 0.05) is 25.1 Å². The number of hydrogen-bond acceptors (Lipinski definition) is 7. The van der Waals surface area contributed by atoms with Crippen LogP contribution in [0.1, 0.15) is 6.42 Å². The quantitative estimate of drug-likeness (QED) is 0.659. The zero-order chi connectivity index (χ0) is 20.1. The second-order valence-corrected chi connectivity index (χ2v) is 6.98. The molecule has 0 unspecified atom stereocenters. The number of anilines is 1. The predicted octanol–water partition coefficient (Wildman–Crippen LogP) is 1.63. The lowest BCUT2D eigenvalue weighted by Gasteiger charge is -2.23. The van der Waals surface area contributed by atoms with Crippen LogP contribution in [0.4, 0.5) is 18.3 Å². The maximum Gasteiger partial charge on any atom is 0.573 e. The molecule has 1 atom stereocenters. The molecule has 1 aliphatic rings. The number of carbonyl (C=O) groups is 2. The molecule has 0 spiro atoms. The van der Waals surface area contributed by atoms with E-state index in [1.807, 2.05) is 0 Å². The average Bonchev–Trinajstić information content (AvgIpc) is 3.01. The van der Waals surface area contributed by atoms with Crippen LogP contribution in [-0.4, -0.2) is 55.5 Å². The van der Waals surface area contributed by atoms with Crippen LogP contribution >= 0.6 is 11.3 Å². The summed E-state index contributed by atoms with van der Waals surface area (Å²) >= 11 is 0.999. The van der Waals surface area contributed by atoms with Gasteiger partial charge in [-0.1, -0.05) is 11.3 Å². The Hall–Kier alpha value is -2.44. The Bertz CT molecular complexity index is 852. The first-order valence-corrected chi connectivity index (χ1v) is 9.14. The van der Waals surface area contributed by atoms with Crippen molar-refractivity contribution in [3.05, 3.63) is 18.2 Å². The molecule has 0 radical (unpaired) electrons. The number of nitrogens with zero attached hydrogens (tertiary/aromatic N) is 1. The number of thiazole rings is 1. The van der Waals surface area contributed by atoms with Crippen molar-refractivity contribution in [2.24, 2.45) is 0 Å². The zero-order valence-corrected chi connectivity index (χ0v) is 15.3. The van der Waals surface area contributed by atoms with Crippen LogP contribution in [0.5, 0.6) is 5.75 Å². The topological polar surface area (TPSA) is 102 Å². The van der Waals surface area contributed by atoms with Crippen molar-refractivity contribution in [1.82, 2.24) is 15.6 Å². The fourth-order valence-corrected chi connectivity index (χ4v) is 3.46. The lowest BCUT2D eigenvalue weighted by Crippen LogP contribution is -2.45. The monoisotopic (exact) mass is 418 g/mol. The highest BCUT2D eigenvalue weighted by molar-refractivity contribution is 7.22. The summed E-state index contributed by atoms with van der Waals surface area (Å²) in [7, 11) is 0. The molecule has 3 N–H and O–H groups in total. The average molecular weight is 418 g/mol. The molecule has 2 amide bonds. The van der Waals surface area contributed by atoms with Crippen LogP contribution in [0.3, 0.4) is 0 Å². The number of morpholine rings is 1. The van der Waals surface area contributed by atoms with E-state index in [2.05, 4.69) is 25.7 Å². The van der Waals surface area contributed by atoms with E-state index in [1.165, 1.54) is 12.1 Å². The van der Waals surface area contributed by atoms with Crippen molar-refractivity contribution in [2.45, 2.75) is 18.8 Å². The van der Waals surface area contributed by atoms with Gasteiger partial charge in [-0.15, -0.1) is 13.2 Å². The van der Waals surface area contributed by atoms with Gasteiger partial charge in [0.1, 0.15) is 5.75 Å². The summed E-state index contributed by atoms with van der Waals surface area (Å²) in [6.45, 7) is 1.47. The number of rotatable bonds is 6. The summed E-state index contributed by atoms with van der Waals surface area (Å²) in [5.41, 5.74) is 0.419. The Kier molecular flexibility index (Phi) is 6.31. The first kappa shape index (κ1) is 20.3. The van der Waals surface area contributed by atoms with E-state index >= 15 is 0 Å². The molecule has 0 aliphatic carbocycles. The molecule has 3 rings (SSSR count). The van der Waals surface area contributed by atoms with E-state index in [0.29, 0.717) is 30.0 Å². The third-order valence-corrected chi connectivity index (χ3v) is 4.65. The molecule has 1 fully saturated rings. The van der Waals surface area contributed by atoms with Crippen LogP contribution in [0.2, 0.25) is 0 Å². The fourth-order valence-electron chi connectivity index (χ4n) is 2.54. The summed E-state index contributed by atoms with van der Waals surface area (Å²) in [5, 5.41) is 8.36. The number of fused-ring (bicyclic) bond motifs is 1. The molecular formula is C16H17F3N4O4S. The number of aromatic nitrogens is 1. The predicted molar refractivity (Wildman–Crippen MR) is 95.2 cm³/mol. The molecular weight excluding hydrogens is 401 g/mol. The standard InChI is InChI=1S/C16H17F3N4O4S/c17-16(18,19)27-10-1-2-11-12(6-10)28-15(22-11)23-14(25)7-21-13(24)5-9-8-26-4-3-20-9/h1-2,6,9,20H,3-5,7-8H2,(H,21,24)(H,22,23,25)/t9-/m0/s1. The molecule has 8 nitrogen and oxygen atoms in total. The van der Waals surface area contributed by atoms with E-state index in [-0.39, 0.29) is 35.8 Å². The van der Waals surface area contributed by atoms with Crippen molar-refractivity contribution in [1.29, 1.82) is 0 Å². The van der Waals surface area contributed by atoms with Crippen molar-refractivity contribution in [3.63, 3.8) is 0 Å². The molecule has 2 heterocycles. The van der Waals surface area contributed by atoms with Gasteiger partial charge in [0.25, 0.3) is 0 Å². The number of hydrogen-bond donors (Lipinski definition) is 3. The Balaban J connectivity index is 1.50. The Morgan fingerprint density at radius 2 is 2.18 bits per heavy atom. The van der Waals surface area contributed by atoms with Gasteiger partial charge in [0.15, 0.2) is 5.13 Å². The normalized spacial score (nSPS) is 17.3. The van der Waals surface area contributed by atoms with Crippen LogP contribution in [0, 0.1) is 0 Å². The highest BCUT2D eigenvalue weighted by Crippen LogP contribution is 2.31. The second kappa shape index (κ2) is 8.71. The maximum atomic E-state index is 12.3. The largest absolute Gasteiger partial charge is 0.573 e. The third kappa shape index (κ3) is 6.04. The smallest absolute Gasteiger partial charge is 0.406 e. The van der Waals surface area contributed by atoms with Gasteiger partial charge in [-0.3, -0.25) is 9.59 Å². The molecule has 0 bridgehead atoms. The SMILES string of the molecule is O=C(C[C@H]1COCCN1)NCC(=O)Nc1nc2ccc(OC(F)(F)F)cc2s1. The van der Waals surface area contributed by atoms with E-state index < -0.39 is 12.3 Å². The number of carbonyl (C=O) groups excluding carboxylic acids is 2. The van der Waals surface area contributed by atoms with E-state index in [1.54, 1.807) is 0 Å². The van der Waals surface area contributed by atoms with E-state index in [4.69, 9.17) is 4.74 Å². The van der Waals surface area contributed by atoms with Gasteiger partial charge in [0.2, 0.25) is 11.8 Å². The van der Waals surface area contributed by atoms with E-state index in [0.717, 1.165) is 17.4 Å². The number of ether oxygens (including phenoxy) is 2. The Morgan fingerprint density at radius 1 is 1.36 bits per heavy atom. The van der Waals surface area contributed by atoms with E-state index in [9.17, 15) is 22.8 Å². The minimum Gasteiger partial charge on any atom is -0.406 e. The summed E-state index contributed by atoms with van der Waals surface area (Å²) < 4.78 is 46.4. The molecule has 28 heavy (non-hydrogen) atoms. The summed E-state index contributed by atoms with van der Waals surface area (Å²) in [6.07, 6.45) is -4.59. The first-order chi connectivity index (χ1) is 13.3. The number of halogens is 3. The molecule has 2 aromatic rings. The molecule has 1 aromatic heterocycles.